The predicted molar refractivity (Wildman–Crippen MR) is 199 cm³/mol. The summed E-state index contributed by atoms with van der Waals surface area (Å²) in [5.41, 5.74) is 0. The molecule has 8 heteroatoms. The van der Waals surface area contributed by atoms with Crippen LogP contribution in [0.15, 0.2) is 48.6 Å². The van der Waals surface area contributed by atoms with Crippen molar-refractivity contribution in [1.29, 1.82) is 0 Å². The van der Waals surface area contributed by atoms with E-state index >= 15 is 0 Å². The van der Waals surface area contributed by atoms with Crippen LogP contribution in [-0.2, 0) is 14.9 Å². The molecule has 0 saturated carbocycles. The molecule has 274 valence electrons. The third kappa shape index (κ3) is 32.6. The lowest BCUT2D eigenvalue weighted by atomic mass is 10.1. The number of amides is 1. The average Bonchev–Trinajstić information content (AvgIpc) is 3.03. The van der Waals surface area contributed by atoms with E-state index in [9.17, 15) is 28.0 Å². The number of aliphatic hydroxyl groups is 2. The Morgan fingerprint density at radius 2 is 1.02 bits per heavy atom. The van der Waals surface area contributed by atoms with Crippen LogP contribution in [0.5, 0.6) is 0 Å². The highest BCUT2D eigenvalue weighted by molar-refractivity contribution is 7.85. The maximum absolute atomic E-state index is 12.5. The Morgan fingerprint density at radius 3 is 1.57 bits per heavy atom. The summed E-state index contributed by atoms with van der Waals surface area (Å²) in [6.07, 6.45) is 40.2. The van der Waals surface area contributed by atoms with Gasteiger partial charge in [-0.05, 0) is 57.8 Å². The summed E-state index contributed by atoms with van der Waals surface area (Å²) >= 11 is 0. The molecule has 0 radical (unpaired) electrons. The Balaban J connectivity index is 4.19. The molecule has 0 aromatic carbocycles. The van der Waals surface area contributed by atoms with E-state index in [4.69, 9.17) is 0 Å². The maximum Gasteiger partial charge on any atom is 0.267 e. The smallest absolute Gasteiger partial charge is 0.267 e. The SMILES string of the molecule is CCCCC/C=C\C=C/CCCCCCCC(O)C(=O)NC(CS(=O)(=O)O)C(O)/C=C/CC/C=C/CCCCCCCCCCCC. The third-order valence-corrected chi connectivity index (χ3v) is 9.14. The molecular weight excluding hydrogens is 610 g/mol. The predicted octanol–water partition coefficient (Wildman–Crippen LogP) is 9.71. The summed E-state index contributed by atoms with van der Waals surface area (Å²) in [5, 5.41) is 23.3. The van der Waals surface area contributed by atoms with Gasteiger partial charge in [-0.3, -0.25) is 9.35 Å². The first-order valence-electron chi connectivity index (χ1n) is 19.0. The molecule has 47 heavy (non-hydrogen) atoms. The van der Waals surface area contributed by atoms with Crippen LogP contribution in [0, 0.1) is 0 Å². The molecule has 3 atom stereocenters. The number of hydrogen-bond donors (Lipinski definition) is 4. The van der Waals surface area contributed by atoms with Gasteiger partial charge < -0.3 is 15.5 Å². The van der Waals surface area contributed by atoms with Crippen molar-refractivity contribution < 1.29 is 28.0 Å². The molecule has 0 saturated heterocycles. The van der Waals surface area contributed by atoms with Crippen LogP contribution in [0.1, 0.15) is 168 Å². The van der Waals surface area contributed by atoms with Crippen molar-refractivity contribution in [1.82, 2.24) is 5.32 Å². The second kappa shape index (κ2) is 32.8. The van der Waals surface area contributed by atoms with E-state index in [1.807, 2.05) is 0 Å². The number of unbranched alkanes of at least 4 members (excludes halogenated alkanes) is 19. The van der Waals surface area contributed by atoms with Crippen molar-refractivity contribution in [2.24, 2.45) is 0 Å². The molecule has 0 bridgehead atoms. The minimum absolute atomic E-state index is 0.255. The highest BCUT2D eigenvalue weighted by atomic mass is 32.2. The van der Waals surface area contributed by atoms with E-state index < -0.39 is 40.0 Å². The molecule has 3 unspecified atom stereocenters. The maximum atomic E-state index is 12.5. The summed E-state index contributed by atoms with van der Waals surface area (Å²) in [7, 11) is -4.45. The molecule has 0 fully saturated rings. The van der Waals surface area contributed by atoms with Gasteiger partial charge >= 0.3 is 0 Å². The number of allylic oxidation sites excluding steroid dienone is 7. The number of carbonyl (C=O) groups is 1. The second-order valence-corrected chi connectivity index (χ2v) is 14.5. The van der Waals surface area contributed by atoms with Crippen LogP contribution in [-0.4, -0.2) is 53.1 Å². The van der Waals surface area contributed by atoms with Crippen LogP contribution < -0.4 is 5.32 Å². The fourth-order valence-corrected chi connectivity index (χ4v) is 6.14. The molecular formula is C39H71NO6S. The van der Waals surface area contributed by atoms with Crippen LogP contribution in [0.2, 0.25) is 0 Å². The van der Waals surface area contributed by atoms with E-state index in [1.54, 1.807) is 6.08 Å². The van der Waals surface area contributed by atoms with Crippen molar-refractivity contribution >= 4 is 16.0 Å². The molecule has 1 amide bonds. The summed E-state index contributed by atoms with van der Waals surface area (Å²) in [6.45, 7) is 4.46. The Labute approximate surface area is 289 Å². The summed E-state index contributed by atoms with van der Waals surface area (Å²) in [6, 6.07) is -1.26. The average molecular weight is 682 g/mol. The van der Waals surface area contributed by atoms with Crippen LogP contribution in [0.4, 0.5) is 0 Å². The van der Waals surface area contributed by atoms with Gasteiger partial charge in [-0.1, -0.05) is 159 Å². The minimum atomic E-state index is -4.45. The normalized spacial score (nSPS) is 14.6. The molecule has 0 rings (SSSR count). The van der Waals surface area contributed by atoms with Gasteiger partial charge in [-0.15, -0.1) is 0 Å². The van der Waals surface area contributed by atoms with Gasteiger partial charge in [0.1, 0.15) is 6.10 Å². The van der Waals surface area contributed by atoms with Crippen molar-refractivity contribution in [3.05, 3.63) is 48.6 Å². The Hall–Kier alpha value is -1.74. The standard InChI is InChI=1S/C39H71NO6S/c1-3-5-7-9-11-13-15-17-19-20-22-23-25-27-29-31-33-37(41)36(35-47(44,45)46)40-39(43)38(42)34-32-30-28-26-24-21-18-16-14-12-10-8-6-4-2/h12,14,16,18,23,25,31,33,36-38,41-42H,3-11,13,15,17,19-22,24,26-30,32,34-35H2,1-2H3,(H,40,43)(H,44,45,46)/b14-12-,18-16-,25-23+,33-31+. The van der Waals surface area contributed by atoms with Gasteiger partial charge in [0.15, 0.2) is 0 Å². The molecule has 0 aliphatic heterocycles. The van der Waals surface area contributed by atoms with Crippen molar-refractivity contribution in [3.63, 3.8) is 0 Å². The molecule has 0 aromatic rings. The quantitative estimate of drug-likeness (QED) is 0.0237. The lowest BCUT2D eigenvalue weighted by molar-refractivity contribution is -0.130. The highest BCUT2D eigenvalue weighted by Gasteiger charge is 2.27. The minimum Gasteiger partial charge on any atom is -0.387 e. The van der Waals surface area contributed by atoms with Gasteiger partial charge in [-0.2, -0.15) is 8.42 Å². The lowest BCUT2D eigenvalue weighted by Gasteiger charge is -2.22. The zero-order chi connectivity index (χ0) is 34.9. The van der Waals surface area contributed by atoms with Crippen LogP contribution >= 0.6 is 0 Å². The van der Waals surface area contributed by atoms with E-state index in [1.165, 1.54) is 89.5 Å². The summed E-state index contributed by atoms with van der Waals surface area (Å²) in [4.78, 5) is 12.5. The highest BCUT2D eigenvalue weighted by Crippen LogP contribution is 2.13. The summed E-state index contributed by atoms with van der Waals surface area (Å²) < 4.78 is 32.4. The fourth-order valence-electron chi connectivity index (χ4n) is 5.40. The third-order valence-electron chi connectivity index (χ3n) is 8.36. The number of nitrogens with one attached hydrogen (secondary N) is 1. The first-order chi connectivity index (χ1) is 22.7. The lowest BCUT2D eigenvalue weighted by Crippen LogP contribution is -2.50. The molecule has 0 aliphatic rings. The van der Waals surface area contributed by atoms with Gasteiger partial charge in [0.2, 0.25) is 5.91 Å². The monoisotopic (exact) mass is 682 g/mol. The Kier molecular flexibility index (Phi) is 31.6. The number of carbonyl (C=O) groups excluding carboxylic acids is 1. The van der Waals surface area contributed by atoms with Crippen molar-refractivity contribution in [2.75, 3.05) is 5.75 Å². The number of aliphatic hydroxyl groups excluding tert-OH is 2. The first-order valence-corrected chi connectivity index (χ1v) is 20.6. The molecule has 7 nitrogen and oxygen atoms in total. The molecule has 0 aliphatic carbocycles. The largest absolute Gasteiger partial charge is 0.387 e. The van der Waals surface area contributed by atoms with Gasteiger partial charge in [0.25, 0.3) is 10.1 Å². The first kappa shape index (κ1) is 45.3. The zero-order valence-electron chi connectivity index (χ0n) is 30.0. The van der Waals surface area contributed by atoms with E-state index in [0.717, 1.165) is 51.4 Å². The van der Waals surface area contributed by atoms with Crippen molar-refractivity contribution in [2.45, 2.75) is 186 Å². The topological polar surface area (TPSA) is 124 Å². The van der Waals surface area contributed by atoms with E-state index in [0.29, 0.717) is 12.8 Å². The fraction of sp³-hybridized carbons (Fsp3) is 0.769. The van der Waals surface area contributed by atoms with Crippen LogP contribution in [0.25, 0.3) is 0 Å². The van der Waals surface area contributed by atoms with E-state index in [-0.39, 0.29) is 6.42 Å². The number of rotatable bonds is 33. The second-order valence-electron chi connectivity index (χ2n) is 13.0. The van der Waals surface area contributed by atoms with Gasteiger partial charge in [-0.25, -0.2) is 0 Å². The Morgan fingerprint density at radius 1 is 0.596 bits per heavy atom. The molecule has 4 N–H and O–H groups in total. The van der Waals surface area contributed by atoms with Crippen LogP contribution in [0.3, 0.4) is 0 Å². The molecule has 0 heterocycles. The zero-order valence-corrected chi connectivity index (χ0v) is 30.8. The summed E-state index contributed by atoms with van der Waals surface area (Å²) in [5.74, 6) is -1.58. The Bertz CT molecular complexity index is 943. The van der Waals surface area contributed by atoms with E-state index in [2.05, 4.69) is 55.6 Å². The van der Waals surface area contributed by atoms with Gasteiger partial charge in [0.05, 0.1) is 17.9 Å². The van der Waals surface area contributed by atoms with Gasteiger partial charge in [0, 0.05) is 0 Å². The molecule has 0 spiro atoms. The van der Waals surface area contributed by atoms with Crippen molar-refractivity contribution in [3.8, 4) is 0 Å². The number of hydrogen-bond acceptors (Lipinski definition) is 5. The molecule has 0 aromatic heterocycles.